The number of allylic oxidation sites excluding steroid dienone is 3. The third-order valence-electron chi connectivity index (χ3n) is 2.59. The van der Waals surface area contributed by atoms with Crippen LogP contribution in [-0.4, -0.2) is 12.9 Å². The Bertz CT molecular complexity index is 281. The van der Waals surface area contributed by atoms with Crippen molar-refractivity contribution in [1.82, 2.24) is 0 Å². The summed E-state index contributed by atoms with van der Waals surface area (Å²) < 4.78 is 0. The van der Waals surface area contributed by atoms with Gasteiger partial charge in [0.05, 0.1) is 0 Å². The molecule has 0 aliphatic heterocycles. The van der Waals surface area contributed by atoms with Crippen LogP contribution < -0.4 is 0 Å². The number of rotatable bonds is 5. The molecule has 0 aromatic heterocycles. The van der Waals surface area contributed by atoms with Gasteiger partial charge < -0.3 is 0 Å². The van der Waals surface area contributed by atoms with Gasteiger partial charge >= 0.3 is 0 Å². The van der Waals surface area contributed by atoms with Gasteiger partial charge in [-0.05, 0) is 18.7 Å². The maximum Gasteiger partial charge on any atom is 0.142 e. The lowest BCUT2D eigenvalue weighted by molar-refractivity contribution is 0.716. The highest BCUT2D eigenvalue weighted by Crippen LogP contribution is 2.32. The van der Waals surface area contributed by atoms with Crippen LogP contribution in [0.1, 0.15) is 40.0 Å². The molecule has 0 rings (SSSR count). The zero-order valence-electron chi connectivity index (χ0n) is 10.5. The predicted molar refractivity (Wildman–Crippen MR) is 75.4 cm³/mol. The summed E-state index contributed by atoms with van der Waals surface area (Å²) in [5.41, 5.74) is 1.98. The molecule has 0 fully saturated rings. The van der Waals surface area contributed by atoms with E-state index < -0.39 is 7.38 Å². The van der Waals surface area contributed by atoms with Crippen LogP contribution in [0.4, 0.5) is 0 Å². The molecule has 0 saturated heterocycles. The first-order chi connectivity index (χ1) is 7.15. The van der Waals surface area contributed by atoms with Crippen molar-refractivity contribution in [3.05, 3.63) is 23.4 Å². The average Bonchev–Trinajstić information content (AvgIpc) is 2.25. The molecule has 0 aliphatic carbocycles. The molecule has 0 bridgehead atoms. The summed E-state index contributed by atoms with van der Waals surface area (Å²) >= 11 is 0. The Morgan fingerprint density at radius 3 is 2.60 bits per heavy atom. The van der Waals surface area contributed by atoms with E-state index in [-0.39, 0.29) is 0 Å². The van der Waals surface area contributed by atoms with Crippen molar-refractivity contribution in [1.29, 1.82) is 0 Å². The van der Waals surface area contributed by atoms with Crippen LogP contribution in [0.15, 0.2) is 23.4 Å². The molecule has 0 saturated carbocycles. The van der Waals surface area contributed by atoms with E-state index in [9.17, 15) is 0 Å². The van der Waals surface area contributed by atoms with Gasteiger partial charge in [0.1, 0.15) is 7.28 Å². The summed E-state index contributed by atoms with van der Waals surface area (Å²) in [5, 5.41) is 0. The van der Waals surface area contributed by atoms with Crippen molar-refractivity contribution in [2.75, 3.05) is 0 Å². The zero-order valence-corrected chi connectivity index (χ0v) is 11.4. The fourth-order valence-corrected chi connectivity index (χ4v) is 2.92. The Kier molecular flexibility index (Phi) is 8.67. The van der Waals surface area contributed by atoms with E-state index >= 15 is 0 Å². The Balaban J connectivity index is 4.23. The first-order valence-corrected chi connectivity index (χ1v) is 7.38. The Hall–Kier alpha value is -0.375. The van der Waals surface area contributed by atoms with Crippen LogP contribution in [0.3, 0.4) is 0 Å². The minimum absolute atomic E-state index is 0.425. The molecule has 83 valence electrons. The van der Waals surface area contributed by atoms with E-state index in [4.69, 9.17) is 6.13 Å². The van der Waals surface area contributed by atoms with E-state index in [0.717, 1.165) is 0 Å². The third kappa shape index (κ3) is 6.66. The molecule has 2 atom stereocenters. The quantitative estimate of drug-likeness (QED) is 0.355. The maximum atomic E-state index is 6.18. The highest BCUT2D eigenvalue weighted by atomic mass is 31.1. The minimum atomic E-state index is -0.425. The van der Waals surface area contributed by atoms with Crippen molar-refractivity contribution in [3.63, 3.8) is 0 Å². The molecule has 0 aromatic carbocycles. The van der Waals surface area contributed by atoms with Crippen LogP contribution in [0.25, 0.3) is 0 Å². The summed E-state index contributed by atoms with van der Waals surface area (Å²) in [7, 11) is 1.68. The lowest BCUT2D eigenvalue weighted by Crippen LogP contribution is -1.96. The smallest absolute Gasteiger partial charge is 0.142 e. The van der Waals surface area contributed by atoms with Crippen molar-refractivity contribution >= 4 is 14.7 Å². The Morgan fingerprint density at radius 2 is 2.13 bits per heavy atom. The summed E-state index contributed by atoms with van der Waals surface area (Å²) in [6.07, 6.45) is 14.1. The van der Waals surface area contributed by atoms with Gasteiger partial charge in [0.25, 0.3) is 0 Å². The van der Waals surface area contributed by atoms with E-state index in [1.807, 2.05) is 0 Å². The van der Waals surface area contributed by atoms with Gasteiger partial charge in [-0.15, -0.1) is 11.6 Å². The molecular formula is C13H23BP. The van der Waals surface area contributed by atoms with Gasteiger partial charge in [-0.3, -0.25) is 0 Å². The van der Waals surface area contributed by atoms with Crippen molar-refractivity contribution in [3.8, 4) is 6.13 Å². The van der Waals surface area contributed by atoms with Gasteiger partial charge in [0, 0.05) is 5.66 Å². The van der Waals surface area contributed by atoms with E-state index in [0.29, 0.717) is 5.66 Å². The van der Waals surface area contributed by atoms with Crippen molar-refractivity contribution in [2.45, 2.75) is 52.5 Å². The topological polar surface area (TPSA) is 0 Å². The normalized spacial score (nSPS) is 15.4. The van der Waals surface area contributed by atoms with E-state index in [1.54, 1.807) is 0 Å². The predicted octanol–water partition coefficient (Wildman–Crippen LogP) is 4.81. The average molecular weight is 221 g/mol. The lowest BCUT2D eigenvalue weighted by Gasteiger charge is -2.11. The standard InChI is InChI=1S/C13H23BP/c1-6-9-13(7-2)15(5)11-8-10-12(3)14-4/h5,8,10-11,13H,6-7,9H2,1-4H3/b11-8-,12-10+. The zero-order chi connectivity index (χ0) is 11.7. The second-order valence-electron chi connectivity index (χ2n) is 3.84. The SMILES string of the molecule is C#P(/C=C\C=C(/C)[B]C)C(CC)CCC. The van der Waals surface area contributed by atoms with Gasteiger partial charge in [-0.25, -0.2) is 0 Å². The molecule has 0 aromatic rings. The van der Waals surface area contributed by atoms with Gasteiger partial charge in [-0.2, -0.15) is 0 Å². The van der Waals surface area contributed by atoms with Gasteiger partial charge in [0.2, 0.25) is 0 Å². The molecule has 0 N–H and O–H groups in total. The van der Waals surface area contributed by atoms with Crippen LogP contribution in [0.5, 0.6) is 0 Å². The molecule has 0 aliphatic rings. The molecule has 15 heavy (non-hydrogen) atoms. The molecule has 2 heteroatoms. The fraction of sp³-hybridized carbons (Fsp3) is 0.615. The van der Waals surface area contributed by atoms with E-state index in [1.165, 1.54) is 24.7 Å². The third-order valence-corrected chi connectivity index (χ3v) is 4.57. The fourth-order valence-electron chi connectivity index (χ4n) is 1.41. The first-order valence-electron chi connectivity index (χ1n) is 5.83. The second kappa shape index (κ2) is 8.90. The van der Waals surface area contributed by atoms with Crippen LogP contribution in [0.2, 0.25) is 6.82 Å². The molecule has 2 unspecified atom stereocenters. The van der Waals surface area contributed by atoms with Gasteiger partial charge in [-0.1, -0.05) is 53.5 Å². The Labute approximate surface area is 97.1 Å². The monoisotopic (exact) mass is 221 g/mol. The van der Waals surface area contributed by atoms with Crippen LogP contribution >= 0.6 is 7.38 Å². The number of hydrogen-bond donors (Lipinski definition) is 0. The summed E-state index contributed by atoms with van der Waals surface area (Å²) in [6, 6.07) is 0. The van der Waals surface area contributed by atoms with Crippen molar-refractivity contribution < 1.29 is 0 Å². The van der Waals surface area contributed by atoms with Crippen LogP contribution in [0, 0.1) is 6.13 Å². The Morgan fingerprint density at radius 1 is 1.47 bits per heavy atom. The highest BCUT2D eigenvalue weighted by molar-refractivity contribution is 7.50. The molecular weight excluding hydrogens is 198 g/mol. The molecule has 0 amide bonds. The number of hydrogen-bond acceptors (Lipinski definition) is 0. The highest BCUT2D eigenvalue weighted by Gasteiger charge is 2.04. The summed E-state index contributed by atoms with van der Waals surface area (Å²) in [6.45, 7) is 8.62. The lowest BCUT2D eigenvalue weighted by atomic mass is 9.73. The van der Waals surface area contributed by atoms with Crippen LogP contribution in [-0.2, 0) is 0 Å². The molecule has 0 spiro atoms. The molecule has 1 radical (unpaired) electrons. The molecule has 0 nitrogen and oxygen atoms in total. The second-order valence-corrected chi connectivity index (χ2v) is 5.76. The van der Waals surface area contributed by atoms with Gasteiger partial charge in [0.15, 0.2) is 0 Å². The summed E-state index contributed by atoms with van der Waals surface area (Å²) in [5.74, 6) is 2.19. The molecule has 0 heterocycles. The largest absolute Gasteiger partial charge is 0.143 e. The maximum absolute atomic E-state index is 6.18. The first kappa shape index (κ1) is 14.6. The van der Waals surface area contributed by atoms with E-state index in [2.05, 4.69) is 52.8 Å². The minimum Gasteiger partial charge on any atom is -0.143 e. The van der Waals surface area contributed by atoms with Crippen molar-refractivity contribution in [2.24, 2.45) is 0 Å². The summed E-state index contributed by atoms with van der Waals surface area (Å²) in [4.78, 5) is 0.